The number of halogens is 1. The highest BCUT2D eigenvalue weighted by Gasteiger charge is 2.15. The summed E-state index contributed by atoms with van der Waals surface area (Å²) in [5.41, 5.74) is 2.43. The van der Waals surface area contributed by atoms with Gasteiger partial charge < -0.3 is 20.1 Å². The maximum Gasteiger partial charge on any atom is 0.289 e. The minimum Gasteiger partial charge on any atom is -0.485 e. The third-order valence-corrected chi connectivity index (χ3v) is 5.76. The van der Waals surface area contributed by atoms with Crippen molar-refractivity contribution in [2.24, 2.45) is 4.99 Å². The first-order valence-electron chi connectivity index (χ1n) is 10.9. The maximum absolute atomic E-state index is 6.43. The van der Waals surface area contributed by atoms with Gasteiger partial charge in [-0.25, -0.2) is 19.9 Å². The standard InChI is InChI=1S/C22H19ClN6O2S.C2H6/c1-13-10-31-22(27-13)29-14-2-4-18-16(8-14)21(26-12-25-18)28-15-3-5-19(17(23)9-15)30-11-20-24-6-7-32-20;1-2/h2-9,12-13H,10-11H2,1H3,(H,27,29)(H,25,26,28);1-2H3. The maximum atomic E-state index is 6.43. The molecular formula is C24H25ClN6O2S. The molecule has 4 aromatic rings. The molecule has 2 aromatic heterocycles. The summed E-state index contributed by atoms with van der Waals surface area (Å²) in [4.78, 5) is 17.4. The van der Waals surface area contributed by atoms with E-state index in [2.05, 4.69) is 30.6 Å². The Bertz CT molecular complexity index is 1280. The van der Waals surface area contributed by atoms with Crippen LogP contribution in [0.25, 0.3) is 10.9 Å². The van der Waals surface area contributed by atoms with Crippen molar-refractivity contribution in [3.05, 3.63) is 64.3 Å². The number of aliphatic imine (C=N–C) groups is 1. The van der Waals surface area contributed by atoms with Crippen LogP contribution in [0.5, 0.6) is 5.75 Å². The fraction of sp³-hybridized carbons (Fsp3) is 0.250. The molecule has 2 N–H and O–H groups in total. The van der Waals surface area contributed by atoms with Crippen LogP contribution in [0, 0.1) is 0 Å². The summed E-state index contributed by atoms with van der Waals surface area (Å²) in [6.07, 6.45) is 3.27. The number of aromatic nitrogens is 3. The summed E-state index contributed by atoms with van der Waals surface area (Å²) in [5.74, 6) is 1.26. The van der Waals surface area contributed by atoms with E-state index in [0.717, 1.165) is 27.3 Å². The fourth-order valence-corrected chi connectivity index (χ4v) is 3.96. The number of hydrogen-bond donors (Lipinski definition) is 2. The summed E-state index contributed by atoms with van der Waals surface area (Å²) >= 11 is 7.97. The largest absolute Gasteiger partial charge is 0.485 e. The van der Waals surface area contributed by atoms with E-state index in [9.17, 15) is 0 Å². The van der Waals surface area contributed by atoms with Crippen molar-refractivity contribution in [3.8, 4) is 5.75 Å². The molecule has 0 aliphatic carbocycles. The van der Waals surface area contributed by atoms with Gasteiger partial charge >= 0.3 is 0 Å². The summed E-state index contributed by atoms with van der Waals surface area (Å²) < 4.78 is 11.3. The second-order valence-electron chi connectivity index (χ2n) is 7.16. The van der Waals surface area contributed by atoms with E-state index in [1.54, 1.807) is 12.3 Å². The molecule has 3 heterocycles. The molecule has 8 nitrogen and oxygen atoms in total. The number of amidine groups is 1. The molecule has 0 radical (unpaired) electrons. The third-order valence-electron chi connectivity index (χ3n) is 4.71. The van der Waals surface area contributed by atoms with Gasteiger partial charge in [-0.1, -0.05) is 25.4 Å². The van der Waals surface area contributed by atoms with Gasteiger partial charge in [-0.2, -0.15) is 0 Å². The molecule has 2 aromatic carbocycles. The van der Waals surface area contributed by atoms with Gasteiger partial charge in [0.25, 0.3) is 6.02 Å². The molecule has 0 bridgehead atoms. The second kappa shape index (κ2) is 11.1. The predicted octanol–water partition coefficient (Wildman–Crippen LogP) is 6.28. The van der Waals surface area contributed by atoms with Crippen molar-refractivity contribution in [1.29, 1.82) is 0 Å². The minimum absolute atomic E-state index is 0.150. The molecule has 0 fully saturated rings. The van der Waals surface area contributed by atoms with Gasteiger partial charge in [0, 0.05) is 28.3 Å². The van der Waals surface area contributed by atoms with E-state index in [1.165, 1.54) is 17.7 Å². The van der Waals surface area contributed by atoms with Crippen molar-refractivity contribution < 1.29 is 9.47 Å². The molecule has 0 saturated heterocycles. The average molecular weight is 497 g/mol. The molecule has 0 amide bonds. The molecule has 1 atom stereocenters. The van der Waals surface area contributed by atoms with E-state index < -0.39 is 0 Å². The minimum atomic E-state index is 0.150. The number of anilines is 3. The Morgan fingerprint density at radius 3 is 2.65 bits per heavy atom. The van der Waals surface area contributed by atoms with E-state index in [-0.39, 0.29) is 6.04 Å². The van der Waals surface area contributed by atoms with Crippen LogP contribution < -0.4 is 15.4 Å². The number of hydrogen-bond acceptors (Lipinski definition) is 9. The summed E-state index contributed by atoms with van der Waals surface area (Å²) in [6, 6.07) is 12.0. The Labute approximate surface area is 207 Å². The number of thiazole rings is 1. The molecule has 0 spiro atoms. The molecule has 1 aliphatic heterocycles. The van der Waals surface area contributed by atoms with Crippen LogP contribution in [0.2, 0.25) is 5.02 Å². The lowest BCUT2D eigenvalue weighted by Gasteiger charge is -2.12. The van der Waals surface area contributed by atoms with Crippen molar-refractivity contribution >= 4 is 57.1 Å². The van der Waals surface area contributed by atoms with Crippen LogP contribution >= 0.6 is 22.9 Å². The first-order valence-corrected chi connectivity index (χ1v) is 12.2. The number of nitrogens with zero attached hydrogens (tertiary/aromatic N) is 4. The number of fused-ring (bicyclic) bond motifs is 1. The lowest BCUT2D eigenvalue weighted by Crippen LogP contribution is -2.11. The van der Waals surface area contributed by atoms with Crippen molar-refractivity contribution in [2.75, 3.05) is 17.2 Å². The van der Waals surface area contributed by atoms with Gasteiger partial charge in [0.15, 0.2) is 0 Å². The normalized spacial score (nSPS) is 14.6. The van der Waals surface area contributed by atoms with Gasteiger partial charge in [0.05, 0.1) is 16.6 Å². The summed E-state index contributed by atoms with van der Waals surface area (Å²) in [5, 5.41) is 10.7. The van der Waals surface area contributed by atoms with Crippen LogP contribution in [0.4, 0.5) is 17.2 Å². The van der Waals surface area contributed by atoms with Gasteiger partial charge in [-0.3, -0.25) is 0 Å². The van der Waals surface area contributed by atoms with Crippen LogP contribution in [0.3, 0.4) is 0 Å². The highest BCUT2D eigenvalue weighted by atomic mass is 35.5. The first-order chi connectivity index (χ1) is 16.6. The van der Waals surface area contributed by atoms with Gasteiger partial charge in [0.2, 0.25) is 0 Å². The van der Waals surface area contributed by atoms with Crippen molar-refractivity contribution in [2.45, 2.75) is 33.4 Å². The zero-order valence-electron chi connectivity index (χ0n) is 19.1. The Morgan fingerprint density at radius 1 is 1.09 bits per heavy atom. The molecule has 10 heteroatoms. The number of rotatable bonds is 6. The van der Waals surface area contributed by atoms with Crippen molar-refractivity contribution in [3.63, 3.8) is 0 Å². The lowest BCUT2D eigenvalue weighted by molar-refractivity contribution is 0.306. The number of benzene rings is 2. The Kier molecular flexibility index (Phi) is 7.76. The van der Waals surface area contributed by atoms with E-state index in [4.69, 9.17) is 21.1 Å². The van der Waals surface area contributed by atoms with E-state index in [1.807, 2.05) is 56.5 Å². The molecule has 34 heavy (non-hydrogen) atoms. The van der Waals surface area contributed by atoms with Gasteiger partial charge in [-0.15, -0.1) is 11.3 Å². The lowest BCUT2D eigenvalue weighted by atomic mass is 10.2. The molecule has 1 aliphatic rings. The monoisotopic (exact) mass is 496 g/mol. The first kappa shape index (κ1) is 23.7. The molecule has 0 saturated carbocycles. The van der Waals surface area contributed by atoms with Crippen LogP contribution in [-0.4, -0.2) is 33.6 Å². The quantitative estimate of drug-likeness (QED) is 0.324. The van der Waals surface area contributed by atoms with Gasteiger partial charge in [0.1, 0.15) is 36.1 Å². The molecule has 1 unspecified atom stereocenters. The fourth-order valence-electron chi connectivity index (χ4n) is 3.20. The van der Waals surface area contributed by atoms with E-state index in [0.29, 0.717) is 35.8 Å². The highest BCUT2D eigenvalue weighted by molar-refractivity contribution is 7.09. The Morgan fingerprint density at radius 2 is 1.91 bits per heavy atom. The van der Waals surface area contributed by atoms with Crippen LogP contribution in [-0.2, 0) is 11.3 Å². The third kappa shape index (κ3) is 5.73. The molecule has 5 rings (SSSR count). The van der Waals surface area contributed by atoms with Crippen LogP contribution in [0.1, 0.15) is 25.8 Å². The van der Waals surface area contributed by atoms with E-state index >= 15 is 0 Å². The SMILES string of the molecule is CC.CC1COC(Nc2ccc3ncnc(Nc4ccc(OCc5nccs5)c(Cl)c4)c3c2)=N1. The van der Waals surface area contributed by atoms with Gasteiger partial charge in [-0.05, 0) is 43.3 Å². The number of ether oxygens (including phenoxy) is 2. The molecule has 176 valence electrons. The predicted molar refractivity (Wildman–Crippen MR) is 139 cm³/mol. The summed E-state index contributed by atoms with van der Waals surface area (Å²) in [7, 11) is 0. The van der Waals surface area contributed by atoms with Crippen molar-refractivity contribution in [1.82, 2.24) is 15.0 Å². The number of nitrogens with one attached hydrogen (secondary N) is 2. The highest BCUT2D eigenvalue weighted by Crippen LogP contribution is 2.31. The summed E-state index contributed by atoms with van der Waals surface area (Å²) in [6.45, 7) is 6.96. The Balaban J connectivity index is 0.00000133. The zero-order chi connectivity index (χ0) is 23.9. The smallest absolute Gasteiger partial charge is 0.289 e. The average Bonchev–Trinajstić information content (AvgIpc) is 3.52. The zero-order valence-corrected chi connectivity index (χ0v) is 20.7. The Hall–Kier alpha value is -3.43. The van der Waals surface area contributed by atoms with Crippen LogP contribution in [0.15, 0.2) is 59.3 Å². The second-order valence-corrected chi connectivity index (χ2v) is 8.54. The topological polar surface area (TPSA) is 93.5 Å². The molecular weight excluding hydrogens is 472 g/mol.